The van der Waals surface area contributed by atoms with E-state index in [0.717, 1.165) is 17.8 Å². The molecule has 1 N–H and O–H groups in total. The topological polar surface area (TPSA) is 46.5 Å². The van der Waals surface area contributed by atoms with Crippen molar-refractivity contribution in [3.8, 4) is 0 Å². The molecule has 4 saturated carbocycles. The van der Waals surface area contributed by atoms with E-state index in [2.05, 4.69) is 13.8 Å². The van der Waals surface area contributed by atoms with Gasteiger partial charge in [0.15, 0.2) is 0 Å². The van der Waals surface area contributed by atoms with Crippen molar-refractivity contribution in [2.24, 2.45) is 28.6 Å². The highest BCUT2D eigenvalue weighted by Gasteiger charge is 2.59. The number of rotatable bonds is 5. The van der Waals surface area contributed by atoms with E-state index in [1.807, 2.05) is 13.8 Å². The fourth-order valence-electron chi connectivity index (χ4n) is 5.91. The van der Waals surface area contributed by atoms with Gasteiger partial charge in [0.25, 0.3) is 0 Å². The van der Waals surface area contributed by atoms with Crippen LogP contribution in [0.3, 0.4) is 0 Å². The van der Waals surface area contributed by atoms with Gasteiger partial charge in [-0.25, -0.2) is 0 Å². The fourth-order valence-corrected chi connectivity index (χ4v) is 5.91. The molecule has 0 aromatic carbocycles. The molecule has 132 valence electrons. The van der Waals surface area contributed by atoms with Crippen molar-refractivity contribution in [3.05, 3.63) is 0 Å². The summed E-state index contributed by atoms with van der Waals surface area (Å²) >= 11 is 0. The minimum atomic E-state index is -0.806. The Morgan fingerprint density at radius 3 is 1.91 bits per heavy atom. The van der Waals surface area contributed by atoms with Crippen LogP contribution in [0.4, 0.5) is 0 Å². The summed E-state index contributed by atoms with van der Waals surface area (Å²) in [5, 5.41) is 10.1. The second-order valence-corrected chi connectivity index (χ2v) is 9.54. The quantitative estimate of drug-likeness (QED) is 0.767. The summed E-state index contributed by atoms with van der Waals surface area (Å²) < 4.78 is 6.14. The van der Waals surface area contributed by atoms with E-state index in [1.54, 1.807) is 6.92 Å². The van der Waals surface area contributed by atoms with E-state index < -0.39 is 17.1 Å². The second-order valence-electron chi connectivity index (χ2n) is 9.54. The molecule has 2 atom stereocenters. The minimum absolute atomic E-state index is 0.157. The molecule has 0 saturated heterocycles. The van der Waals surface area contributed by atoms with Gasteiger partial charge < -0.3 is 9.84 Å². The normalized spacial score (nSPS) is 39.8. The number of hydrogen-bond acceptors (Lipinski definition) is 3. The summed E-state index contributed by atoms with van der Waals surface area (Å²) in [6.45, 7) is 9.72. The molecule has 4 aliphatic rings. The van der Waals surface area contributed by atoms with Gasteiger partial charge in [-0.3, -0.25) is 4.79 Å². The van der Waals surface area contributed by atoms with Crippen molar-refractivity contribution in [2.45, 2.75) is 91.3 Å². The Morgan fingerprint density at radius 2 is 1.57 bits per heavy atom. The molecule has 0 radical (unpaired) electrons. The van der Waals surface area contributed by atoms with Gasteiger partial charge in [0.1, 0.15) is 5.60 Å². The third kappa shape index (κ3) is 2.63. The highest BCUT2D eigenvalue weighted by Crippen LogP contribution is 2.64. The van der Waals surface area contributed by atoms with Crippen LogP contribution >= 0.6 is 0 Å². The first-order chi connectivity index (χ1) is 10.6. The maximum absolute atomic E-state index is 12.9. The molecule has 0 aromatic heterocycles. The zero-order valence-electron chi connectivity index (χ0n) is 15.5. The Balaban J connectivity index is 1.80. The Hall–Kier alpha value is -0.570. The van der Waals surface area contributed by atoms with Gasteiger partial charge in [-0.15, -0.1) is 0 Å². The van der Waals surface area contributed by atoms with E-state index in [1.165, 1.54) is 38.5 Å². The van der Waals surface area contributed by atoms with Gasteiger partial charge in [0, 0.05) is 5.41 Å². The average Bonchev–Trinajstić information content (AvgIpc) is 2.43. The molecule has 4 aliphatic carbocycles. The van der Waals surface area contributed by atoms with Crippen LogP contribution in [-0.4, -0.2) is 22.8 Å². The van der Waals surface area contributed by atoms with Gasteiger partial charge >= 0.3 is 5.97 Å². The largest absolute Gasteiger partial charge is 0.459 e. The summed E-state index contributed by atoms with van der Waals surface area (Å²) in [7, 11) is 0. The highest BCUT2D eigenvalue weighted by atomic mass is 16.6. The average molecular weight is 322 g/mol. The fraction of sp³-hybridized carbons (Fsp3) is 0.950. The van der Waals surface area contributed by atoms with Gasteiger partial charge in [-0.05, 0) is 90.4 Å². The van der Waals surface area contributed by atoms with Crippen LogP contribution in [0.5, 0.6) is 0 Å². The van der Waals surface area contributed by atoms with Crippen LogP contribution < -0.4 is 0 Å². The Kier molecular flexibility index (Phi) is 4.11. The predicted molar refractivity (Wildman–Crippen MR) is 90.9 cm³/mol. The number of aliphatic hydroxyl groups is 1. The van der Waals surface area contributed by atoms with Gasteiger partial charge in [-0.2, -0.15) is 0 Å². The van der Waals surface area contributed by atoms with E-state index in [4.69, 9.17) is 4.74 Å². The number of carbonyl (C=O) groups excluding carboxylic acids is 1. The standard InChI is InChI=1S/C20H34O3/c1-6-19(5,13(2)21)17(22)23-18(3,4)20-10-14-7-15(11-20)9-16(8-14)12-20/h13-16,21H,6-12H2,1-5H3. The minimum Gasteiger partial charge on any atom is -0.459 e. The Morgan fingerprint density at radius 1 is 1.13 bits per heavy atom. The molecule has 0 amide bonds. The summed E-state index contributed by atoms with van der Waals surface area (Å²) in [4.78, 5) is 12.9. The zero-order valence-corrected chi connectivity index (χ0v) is 15.5. The number of ether oxygens (including phenoxy) is 1. The SMILES string of the molecule is CCC(C)(C(=O)OC(C)(C)C12CC3CC(CC(C3)C1)C2)C(C)O. The molecule has 4 fully saturated rings. The van der Waals surface area contributed by atoms with Crippen LogP contribution in [-0.2, 0) is 9.53 Å². The summed E-state index contributed by atoms with van der Waals surface area (Å²) in [6.07, 6.45) is 7.74. The second kappa shape index (κ2) is 5.47. The van der Waals surface area contributed by atoms with Crippen molar-refractivity contribution >= 4 is 5.97 Å². The van der Waals surface area contributed by atoms with Crippen LogP contribution in [0.2, 0.25) is 0 Å². The molecular formula is C20H34O3. The molecule has 0 spiro atoms. The lowest BCUT2D eigenvalue weighted by atomic mass is 9.46. The van der Waals surface area contributed by atoms with Crippen LogP contribution in [0.1, 0.15) is 79.6 Å². The van der Waals surface area contributed by atoms with E-state index in [-0.39, 0.29) is 11.4 Å². The molecule has 3 heteroatoms. The summed E-state index contributed by atoms with van der Waals surface area (Å²) in [5.41, 5.74) is -1.09. The number of esters is 1. The third-order valence-corrected chi connectivity index (χ3v) is 7.79. The lowest BCUT2D eigenvalue weighted by molar-refractivity contribution is -0.211. The maximum Gasteiger partial charge on any atom is 0.314 e. The smallest absolute Gasteiger partial charge is 0.314 e. The van der Waals surface area contributed by atoms with Crippen molar-refractivity contribution in [3.63, 3.8) is 0 Å². The van der Waals surface area contributed by atoms with E-state index in [9.17, 15) is 9.90 Å². The lowest BCUT2D eigenvalue weighted by Crippen LogP contribution is -2.58. The molecule has 0 aromatic rings. The molecule has 3 nitrogen and oxygen atoms in total. The zero-order chi connectivity index (χ0) is 17.0. The molecule has 2 unspecified atom stereocenters. The van der Waals surface area contributed by atoms with Gasteiger partial charge in [0.05, 0.1) is 11.5 Å². The lowest BCUT2D eigenvalue weighted by Gasteiger charge is -2.61. The van der Waals surface area contributed by atoms with Crippen molar-refractivity contribution in [2.75, 3.05) is 0 Å². The number of carbonyl (C=O) groups is 1. The monoisotopic (exact) mass is 322 g/mol. The molecular weight excluding hydrogens is 288 g/mol. The molecule has 0 aliphatic heterocycles. The first-order valence-electron chi connectivity index (χ1n) is 9.53. The van der Waals surface area contributed by atoms with Crippen molar-refractivity contribution in [1.29, 1.82) is 0 Å². The Labute approximate surface area is 141 Å². The highest BCUT2D eigenvalue weighted by molar-refractivity contribution is 5.77. The van der Waals surface area contributed by atoms with Crippen LogP contribution in [0.15, 0.2) is 0 Å². The van der Waals surface area contributed by atoms with Crippen LogP contribution in [0, 0.1) is 28.6 Å². The summed E-state index contributed by atoms with van der Waals surface area (Å²) in [5.74, 6) is 2.30. The molecule has 4 bridgehead atoms. The predicted octanol–water partition coefficient (Wildman–Crippen LogP) is 4.32. The van der Waals surface area contributed by atoms with Gasteiger partial charge in [-0.1, -0.05) is 6.92 Å². The van der Waals surface area contributed by atoms with Gasteiger partial charge in [0.2, 0.25) is 0 Å². The third-order valence-electron chi connectivity index (χ3n) is 7.79. The molecule has 23 heavy (non-hydrogen) atoms. The van der Waals surface area contributed by atoms with E-state index >= 15 is 0 Å². The number of hydrogen-bond donors (Lipinski definition) is 1. The van der Waals surface area contributed by atoms with Crippen molar-refractivity contribution < 1.29 is 14.6 Å². The van der Waals surface area contributed by atoms with Crippen LogP contribution in [0.25, 0.3) is 0 Å². The number of aliphatic hydroxyl groups excluding tert-OH is 1. The first-order valence-corrected chi connectivity index (χ1v) is 9.53. The first kappa shape index (κ1) is 17.3. The maximum atomic E-state index is 12.9. The Bertz CT molecular complexity index is 444. The molecule has 4 rings (SSSR count). The van der Waals surface area contributed by atoms with Crippen molar-refractivity contribution in [1.82, 2.24) is 0 Å². The van der Waals surface area contributed by atoms with E-state index in [0.29, 0.717) is 6.42 Å². The summed E-state index contributed by atoms with van der Waals surface area (Å²) in [6, 6.07) is 0. The molecule has 0 heterocycles.